The van der Waals surface area contributed by atoms with Crippen molar-refractivity contribution in [3.05, 3.63) is 29.8 Å². The molecule has 0 spiro atoms. The fourth-order valence-electron chi connectivity index (χ4n) is 1.97. The number of hydrogen-bond acceptors (Lipinski definition) is 5. The molecule has 3 atom stereocenters. The van der Waals surface area contributed by atoms with Gasteiger partial charge in [0.05, 0.1) is 19.8 Å². The first-order chi connectivity index (χ1) is 9.99. The monoisotopic (exact) mass is 295 g/mol. The highest BCUT2D eigenvalue weighted by Gasteiger charge is 2.28. The Kier molecular flexibility index (Phi) is 7.19. The standard InChI is InChI=1S/C16H25NO4/c1-5-21-16(19)15(11(2)12(3)18)17-10-13-6-8-14(20-4)9-7-13/h6-9,11-12,15,17-18H,5,10H2,1-4H3/t11-,12+,15-/m0/s1. The molecule has 0 aromatic heterocycles. The Morgan fingerprint density at radius 3 is 2.38 bits per heavy atom. The number of carbonyl (C=O) groups excluding carboxylic acids is 1. The number of nitrogens with one attached hydrogen (secondary N) is 1. The summed E-state index contributed by atoms with van der Waals surface area (Å²) < 4.78 is 10.2. The third-order valence-electron chi connectivity index (χ3n) is 3.51. The molecule has 1 rings (SSSR count). The predicted octanol–water partition coefficient (Wildman–Crippen LogP) is 1.73. The Morgan fingerprint density at radius 2 is 1.90 bits per heavy atom. The minimum Gasteiger partial charge on any atom is -0.497 e. The second-order valence-electron chi connectivity index (χ2n) is 5.06. The molecule has 118 valence electrons. The number of esters is 1. The van der Waals surface area contributed by atoms with Crippen molar-refractivity contribution >= 4 is 5.97 Å². The summed E-state index contributed by atoms with van der Waals surface area (Å²) in [5, 5.41) is 12.9. The molecule has 21 heavy (non-hydrogen) atoms. The SMILES string of the molecule is CCOC(=O)[C@@H](NCc1ccc(OC)cc1)[C@@H](C)[C@@H](C)O. The summed E-state index contributed by atoms with van der Waals surface area (Å²) in [4.78, 5) is 12.0. The van der Waals surface area contributed by atoms with Crippen LogP contribution in [0.2, 0.25) is 0 Å². The molecule has 1 aromatic carbocycles. The van der Waals surface area contributed by atoms with Gasteiger partial charge in [-0.3, -0.25) is 10.1 Å². The zero-order valence-corrected chi connectivity index (χ0v) is 13.1. The lowest BCUT2D eigenvalue weighted by atomic mass is 9.96. The maximum atomic E-state index is 12.0. The predicted molar refractivity (Wildman–Crippen MR) is 81.1 cm³/mol. The topological polar surface area (TPSA) is 67.8 Å². The van der Waals surface area contributed by atoms with E-state index in [2.05, 4.69) is 5.32 Å². The van der Waals surface area contributed by atoms with E-state index in [9.17, 15) is 9.90 Å². The zero-order chi connectivity index (χ0) is 15.8. The molecule has 5 heteroatoms. The van der Waals surface area contributed by atoms with Gasteiger partial charge in [0, 0.05) is 12.5 Å². The molecule has 0 saturated carbocycles. The highest BCUT2D eigenvalue weighted by molar-refractivity contribution is 5.76. The van der Waals surface area contributed by atoms with E-state index in [1.165, 1.54) is 0 Å². The number of aliphatic hydroxyl groups excluding tert-OH is 1. The van der Waals surface area contributed by atoms with Gasteiger partial charge in [-0.1, -0.05) is 19.1 Å². The first-order valence-corrected chi connectivity index (χ1v) is 7.20. The van der Waals surface area contributed by atoms with Gasteiger partial charge in [0.15, 0.2) is 0 Å². The van der Waals surface area contributed by atoms with Gasteiger partial charge in [-0.25, -0.2) is 0 Å². The number of hydrogen-bond donors (Lipinski definition) is 2. The lowest BCUT2D eigenvalue weighted by Crippen LogP contribution is -2.46. The van der Waals surface area contributed by atoms with Crippen LogP contribution >= 0.6 is 0 Å². The van der Waals surface area contributed by atoms with Crippen LogP contribution in [-0.2, 0) is 16.1 Å². The van der Waals surface area contributed by atoms with Crippen LogP contribution < -0.4 is 10.1 Å². The average Bonchev–Trinajstić information content (AvgIpc) is 2.48. The highest BCUT2D eigenvalue weighted by atomic mass is 16.5. The minimum atomic E-state index is -0.595. The Morgan fingerprint density at radius 1 is 1.29 bits per heavy atom. The maximum absolute atomic E-state index is 12.0. The third-order valence-corrected chi connectivity index (χ3v) is 3.51. The van der Waals surface area contributed by atoms with Gasteiger partial charge >= 0.3 is 5.97 Å². The van der Waals surface area contributed by atoms with Crippen LogP contribution in [0.3, 0.4) is 0 Å². The van der Waals surface area contributed by atoms with Crippen molar-refractivity contribution in [2.45, 2.75) is 39.5 Å². The fraction of sp³-hybridized carbons (Fsp3) is 0.562. The summed E-state index contributed by atoms with van der Waals surface area (Å²) >= 11 is 0. The highest BCUT2D eigenvalue weighted by Crippen LogP contribution is 2.14. The molecule has 0 amide bonds. The average molecular weight is 295 g/mol. The number of carbonyl (C=O) groups is 1. The molecule has 0 aliphatic rings. The molecular formula is C16H25NO4. The van der Waals surface area contributed by atoms with E-state index < -0.39 is 12.1 Å². The largest absolute Gasteiger partial charge is 0.497 e. The molecule has 1 aromatic rings. The summed E-state index contributed by atoms with van der Waals surface area (Å²) in [6, 6.07) is 7.07. The van der Waals surface area contributed by atoms with Crippen LogP contribution in [0.15, 0.2) is 24.3 Å². The van der Waals surface area contributed by atoms with Crippen molar-refractivity contribution in [1.82, 2.24) is 5.32 Å². The molecule has 5 nitrogen and oxygen atoms in total. The molecule has 2 N–H and O–H groups in total. The summed E-state index contributed by atoms with van der Waals surface area (Å²) in [7, 11) is 1.62. The maximum Gasteiger partial charge on any atom is 0.323 e. The quantitative estimate of drug-likeness (QED) is 0.715. The lowest BCUT2D eigenvalue weighted by Gasteiger charge is -2.25. The minimum absolute atomic E-state index is 0.234. The first-order valence-electron chi connectivity index (χ1n) is 7.20. The van der Waals surface area contributed by atoms with E-state index in [-0.39, 0.29) is 11.9 Å². The summed E-state index contributed by atoms with van der Waals surface area (Å²) in [6.45, 7) is 6.11. The summed E-state index contributed by atoms with van der Waals surface area (Å²) in [5.41, 5.74) is 1.03. The van der Waals surface area contributed by atoms with E-state index in [4.69, 9.17) is 9.47 Å². The molecule has 0 heterocycles. The number of aliphatic hydroxyl groups is 1. The van der Waals surface area contributed by atoms with Gasteiger partial charge < -0.3 is 14.6 Å². The van der Waals surface area contributed by atoms with Crippen molar-refractivity contribution in [3.63, 3.8) is 0 Å². The van der Waals surface area contributed by atoms with E-state index in [1.54, 1.807) is 21.0 Å². The van der Waals surface area contributed by atoms with Crippen LogP contribution in [-0.4, -0.2) is 36.9 Å². The Labute approximate surface area is 126 Å². The lowest BCUT2D eigenvalue weighted by molar-refractivity contribution is -0.148. The Hall–Kier alpha value is -1.59. The number of ether oxygens (including phenoxy) is 2. The smallest absolute Gasteiger partial charge is 0.323 e. The normalized spacial score (nSPS) is 15.1. The Bertz CT molecular complexity index is 430. The summed E-state index contributed by atoms with van der Waals surface area (Å²) in [6.07, 6.45) is -0.595. The van der Waals surface area contributed by atoms with Crippen LogP contribution in [0.4, 0.5) is 0 Å². The molecule has 0 fully saturated rings. The van der Waals surface area contributed by atoms with Gasteiger partial charge in [-0.2, -0.15) is 0 Å². The molecule has 0 bridgehead atoms. The molecule has 0 radical (unpaired) electrons. The van der Waals surface area contributed by atoms with Crippen LogP contribution in [0.5, 0.6) is 5.75 Å². The van der Waals surface area contributed by atoms with Crippen molar-refractivity contribution in [1.29, 1.82) is 0 Å². The second-order valence-corrected chi connectivity index (χ2v) is 5.06. The molecule has 0 aliphatic carbocycles. The Balaban J connectivity index is 2.69. The zero-order valence-electron chi connectivity index (χ0n) is 13.1. The fourth-order valence-corrected chi connectivity index (χ4v) is 1.97. The molecule has 0 aliphatic heterocycles. The van der Waals surface area contributed by atoms with Gasteiger partial charge in [0.2, 0.25) is 0 Å². The van der Waals surface area contributed by atoms with E-state index in [1.807, 2.05) is 31.2 Å². The second kappa shape index (κ2) is 8.64. The van der Waals surface area contributed by atoms with E-state index >= 15 is 0 Å². The summed E-state index contributed by atoms with van der Waals surface area (Å²) in [5.74, 6) is 0.222. The number of rotatable bonds is 8. The number of methoxy groups -OCH3 is 1. The van der Waals surface area contributed by atoms with Gasteiger partial charge in [-0.15, -0.1) is 0 Å². The van der Waals surface area contributed by atoms with Crippen molar-refractivity contribution < 1.29 is 19.4 Å². The molecule has 0 unspecified atom stereocenters. The first kappa shape index (κ1) is 17.5. The number of benzene rings is 1. The van der Waals surface area contributed by atoms with Gasteiger partial charge in [-0.05, 0) is 31.5 Å². The third kappa shape index (κ3) is 5.36. The molecule has 0 saturated heterocycles. The van der Waals surface area contributed by atoms with Crippen LogP contribution in [0.1, 0.15) is 26.3 Å². The van der Waals surface area contributed by atoms with Gasteiger partial charge in [0.25, 0.3) is 0 Å². The van der Waals surface area contributed by atoms with E-state index in [0.717, 1.165) is 11.3 Å². The van der Waals surface area contributed by atoms with Crippen molar-refractivity contribution in [2.75, 3.05) is 13.7 Å². The van der Waals surface area contributed by atoms with E-state index in [0.29, 0.717) is 13.2 Å². The van der Waals surface area contributed by atoms with Gasteiger partial charge in [0.1, 0.15) is 11.8 Å². The van der Waals surface area contributed by atoms with Crippen LogP contribution in [0.25, 0.3) is 0 Å². The molecular weight excluding hydrogens is 270 g/mol. The van der Waals surface area contributed by atoms with Crippen molar-refractivity contribution in [3.8, 4) is 5.75 Å². The van der Waals surface area contributed by atoms with Crippen molar-refractivity contribution in [2.24, 2.45) is 5.92 Å². The van der Waals surface area contributed by atoms with Crippen LogP contribution in [0, 0.1) is 5.92 Å².